The highest BCUT2D eigenvalue weighted by atomic mass is 127. The second kappa shape index (κ2) is 4.33. The van der Waals surface area contributed by atoms with Crippen molar-refractivity contribution in [1.29, 1.82) is 5.26 Å². The molecule has 0 bridgehead atoms. The fourth-order valence-corrected chi connectivity index (χ4v) is 0.408. The number of rotatable bonds is 2. The summed E-state index contributed by atoms with van der Waals surface area (Å²) in [5, 5.41) is 8.21. The number of nitrogens with zero attached hydrogens (tertiary/aromatic N) is 1. The Kier molecular flexibility index (Phi) is 4.06. The SMILES string of the molecule is C=C(I)/C=C\C(=C)C#N. The lowest BCUT2D eigenvalue weighted by atomic mass is 10.3. The molecule has 0 atom stereocenters. The van der Waals surface area contributed by atoms with Gasteiger partial charge in [0, 0.05) is 9.15 Å². The van der Waals surface area contributed by atoms with Crippen LogP contribution < -0.4 is 0 Å². The minimum atomic E-state index is 0.452. The lowest BCUT2D eigenvalue weighted by Gasteiger charge is -1.80. The van der Waals surface area contributed by atoms with Gasteiger partial charge in [-0.25, -0.2) is 0 Å². The zero-order valence-electron chi connectivity index (χ0n) is 4.89. The van der Waals surface area contributed by atoms with Gasteiger partial charge in [0.2, 0.25) is 0 Å². The van der Waals surface area contributed by atoms with E-state index in [4.69, 9.17) is 5.26 Å². The van der Waals surface area contributed by atoms with Crippen molar-refractivity contribution in [2.45, 2.75) is 0 Å². The molecule has 2 heteroatoms. The van der Waals surface area contributed by atoms with Gasteiger partial charge in [-0.3, -0.25) is 0 Å². The number of hydrogen-bond donors (Lipinski definition) is 0. The molecule has 9 heavy (non-hydrogen) atoms. The van der Waals surface area contributed by atoms with Crippen LogP contribution in [0.2, 0.25) is 0 Å². The highest BCUT2D eigenvalue weighted by molar-refractivity contribution is 14.1. The monoisotopic (exact) mass is 231 g/mol. The Morgan fingerprint density at radius 1 is 1.44 bits per heavy atom. The molecule has 0 rings (SSSR count). The fourth-order valence-electron chi connectivity index (χ4n) is 0.228. The summed E-state index contributed by atoms with van der Waals surface area (Å²) >= 11 is 2.06. The Hall–Kier alpha value is -0.560. The molecule has 0 radical (unpaired) electrons. The van der Waals surface area contributed by atoms with Crippen LogP contribution in [-0.2, 0) is 0 Å². The zero-order valence-corrected chi connectivity index (χ0v) is 7.05. The molecule has 1 nitrogen and oxygen atoms in total. The van der Waals surface area contributed by atoms with Crippen molar-refractivity contribution < 1.29 is 0 Å². The summed E-state index contributed by atoms with van der Waals surface area (Å²) in [6, 6.07) is 1.89. The van der Waals surface area contributed by atoms with Crippen LogP contribution in [0.4, 0.5) is 0 Å². The van der Waals surface area contributed by atoms with Crippen molar-refractivity contribution in [2.75, 3.05) is 0 Å². The van der Waals surface area contributed by atoms with Crippen molar-refractivity contribution in [3.8, 4) is 6.07 Å². The predicted molar refractivity (Wildman–Crippen MR) is 47.1 cm³/mol. The molecule has 0 N–H and O–H groups in total. The molecule has 46 valence electrons. The van der Waals surface area contributed by atoms with Crippen LogP contribution in [0.15, 0.2) is 34.5 Å². The molecule has 0 aromatic heterocycles. The molecule has 0 aliphatic carbocycles. The highest BCUT2D eigenvalue weighted by Gasteiger charge is 1.79. The van der Waals surface area contributed by atoms with Gasteiger partial charge in [-0.1, -0.05) is 13.2 Å². The van der Waals surface area contributed by atoms with Gasteiger partial charge in [-0.2, -0.15) is 5.26 Å². The predicted octanol–water partition coefficient (Wildman–Crippen LogP) is 2.57. The fraction of sp³-hybridized carbons (Fsp3) is 0. The summed E-state index contributed by atoms with van der Waals surface area (Å²) in [5.41, 5.74) is 0.452. The van der Waals surface area contributed by atoms with E-state index in [0.717, 1.165) is 3.58 Å². The molecule has 0 spiro atoms. The van der Waals surface area contributed by atoms with E-state index >= 15 is 0 Å². The van der Waals surface area contributed by atoms with E-state index in [1.54, 1.807) is 12.2 Å². The Morgan fingerprint density at radius 2 is 2.00 bits per heavy atom. The first-order valence-electron chi connectivity index (χ1n) is 2.28. The maximum atomic E-state index is 8.21. The Bertz CT molecular complexity index is 195. The van der Waals surface area contributed by atoms with Gasteiger partial charge >= 0.3 is 0 Å². The van der Waals surface area contributed by atoms with E-state index in [9.17, 15) is 0 Å². The van der Waals surface area contributed by atoms with Crippen molar-refractivity contribution in [1.82, 2.24) is 0 Å². The first kappa shape index (κ1) is 8.44. The van der Waals surface area contributed by atoms with Gasteiger partial charge in [0.1, 0.15) is 0 Å². The summed E-state index contributed by atoms with van der Waals surface area (Å²) in [6.07, 6.45) is 3.38. The standard InChI is InChI=1S/C7H6IN/c1-6(5-9)3-4-7(2)8/h3-4H,1-2H2/b4-3-. The van der Waals surface area contributed by atoms with Crippen LogP contribution in [0.3, 0.4) is 0 Å². The van der Waals surface area contributed by atoms with Gasteiger partial charge in [0.25, 0.3) is 0 Å². The molecule has 0 saturated carbocycles. The van der Waals surface area contributed by atoms with E-state index in [1.807, 2.05) is 6.07 Å². The molecule has 0 aliphatic rings. The van der Waals surface area contributed by atoms with E-state index in [-0.39, 0.29) is 0 Å². The van der Waals surface area contributed by atoms with Crippen LogP contribution in [0.1, 0.15) is 0 Å². The van der Waals surface area contributed by atoms with Crippen LogP contribution in [-0.4, -0.2) is 0 Å². The van der Waals surface area contributed by atoms with Crippen LogP contribution in [0.25, 0.3) is 0 Å². The maximum absolute atomic E-state index is 8.21. The second-order valence-corrected chi connectivity index (χ2v) is 2.80. The number of nitriles is 1. The molecule has 0 unspecified atom stereocenters. The third-order valence-electron chi connectivity index (χ3n) is 0.609. The lowest BCUT2D eigenvalue weighted by Crippen LogP contribution is -1.63. The Morgan fingerprint density at radius 3 is 2.33 bits per heavy atom. The number of hydrogen-bond acceptors (Lipinski definition) is 1. The van der Waals surface area contributed by atoms with E-state index in [2.05, 4.69) is 35.7 Å². The quantitative estimate of drug-likeness (QED) is 0.407. The molecular formula is C7H6IN. The minimum absolute atomic E-state index is 0.452. The zero-order chi connectivity index (χ0) is 7.28. The highest BCUT2D eigenvalue weighted by Crippen LogP contribution is 2.04. The second-order valence-electron chi connectivity index (χ2n) is 1.42. The summed E-state index contributed by atoms with van der Waals surface area (Å²) < 4.78 is 0.893. The van der Waals surface area contributed by atoms with Crippen molar-refractivity contribution >= 4 is 22.6 Å². The smallest absolute Gasteiger partial charge is 0.0985 e. The van der Waals surface area contributed by atoms with Gasteiger partial charge < -0.3 is 0 Å². The van der Waals surface area contributed by atoms with Gasteiger partial charge in [0.05, 0.1) is 6.07 Å². The van der Waals surface area contributed by atoms with Crippen LogP contribution in [0, 0.1) is 11.3 Å². The normalized spacial score (nSPS) is 8.89. The topological polar surface area (TPSA) is 23.8 Å². The summed E-state index contributed by atoms with van der Waals surface area (Å²) in [6.45, 7) is 7.06. The van der Waals surface area contributed by atoms with E-state index < -0.39 is 0 Å². The van der Waals surface area contributed by atoms with Crippen molar-refractivity contribution in [3.63, 3.8) is 0 Å². The average Bonchev–Trinajstić information content (AvgIpc) is 1.83. The number of allylic oxidation sites excluding steroid dienone is 4. The minimum Gasteiger partial charge on any atom is -0.192 e. The molecule has 0 aliphatic heterocycles. The molecule has 0 amide bonds. The van der Waals surface area contributed by atoms with Crippen molar-refractivity contribution in [3.05, 3.63) is 34.5 Å². The average molecular weight is 231 g/mol. The van der Waals surface area contributed by atoms with E-state index in [0.29, 0.717) is 5.57 Å². The van der Waals surface area contributed by atoms with Gasteiger partial charge in [-0.05, 0) is 34.7 Å². The van der Waals surface area contributed by atoms with Gasteiger partial charge in [0.15, 0.2) is 0 Å². The number of halogens is 1. The van der Waals surface area contributed by atoms with Crippen molar-refractivity contribution in [2.24, 2.45) is 0 Å². The largest absolute Gasteiger partial charge is 0.192 e. The summed E-state index contributed by atoms with van der Waals surface area (Å²) in [5.74, 6) is 0. The first-order valence-corrected chi connectivity index (χ1v) is 3.36. The van der Waals surface area contributed by atoms with Crippen LogP contribution >= 0.6 is 22.6 Å². The molecule has 0 saturated heterocycles. The van der Waals surface area contributed by atoms with E-state index in [1.165, 1.54) is 0 Å². The molecule has 0 aromatic carbocycles. The Balaban J connectivity index is 3.90. The third-order valence-corrected chi connectivity index (χ3v) is 0.969. The maximum Gasteiger partial charge on any atom is 0.0985 e. The Labute approximate surface area is 68.5 Å². The van der Waals surface area contributed by atoms with Gasteiger partial charge in [-0.15, -0.1) is 0 Å². The molecule has 0 heterocycles. The summed E-state index contributed by atoms with van der Waals surface area (Å²) in [4.78, 5) is 0. The first-order chi connectivity index (χ1) is 4.16. The van der Waals surface area contributed by atoms with Crippen LogP contribution in [0.5, 0.6) is 0 Å². The summed E-state index contributed by atoms with van der Waals surface area (Å²) in [7, 11) is 0. The molecule has 0 aromatic rings. The molecular weight excluding hydrogens is 225 g/mol. The molecule has 0 fully saturated rings. The third kappa shape index (κ3) is 5.31. The lowest BCUT2D eigenvalue weighted by molar-refractivity contribution is 1.51.